The van der Waals surface area contributed by atoms with E-state index in [1.165, 1.54) is 6.42 Å². The molecule has 17 heavy (non-hydrogen) atoms. The minimum absolute atomic E-state index is 0.281. The van der Waals surface area contributed by atoms with Crippen LogP contribution in [-0.2, 0) is 4.79 Å². The molecule has 0 spiro atoms. The fraction of sp³-hybridized carbons (Fsp3) is 0.923. The van der Waals surface area contributed by atoms with Crippen molar-refractivity contribution < 1.29 is 9.90 Å². The van der Waals surface area contributed by atoms with Crippen molar-refractivity contribution in [2.24, 2.45) is 5.92 Å². The number of aliphatic carboxylic acids is 1. The zero-order valence-corrected chi connectivity index (χ0v) is 11.4. The average molecular weight is 242 g/mol. The van der Waals surface area contributed by atoms with E-state index >= 15 is 0 Å². The monoisotopic (exact) mass is 242 g/mol. The number of carboxylic acid groups (broad SMARTS) is 1. The van der Waals surface area contributed by atoms with Gasteiger partial charge in [-0.2, -0.15) is 0 Å². The van der Waals surface area contributed by atoms with Crippen LogP contribution in [0.1, 0.15) is 33.1 Å². The van der Waals surface area contributed by atoms with E-state index in [4.69, 9.17) is 5.11 Å². The van der Waals surface area contributed by atoms with Gasteiger partial charge in [0, 0.05) is 32.1 Å². The number of likely N-dealkylation sites (N-methyl/N-ethyl adjacent to an activating group) is 1. The van der Waals surface area contributed by atoms with E-state index in [2.05, 4.69) is 30.7 Å². The lowest BCUT2D eigenvalue weighted by Gasteiger charge is -2.28. The minimum Gasteiger partial charge on any atom is -0.481 e. The predicted molar refractivity (Wildman–Crippen MR) is 69.2 cm³/mol. The Morgan fingerprint density at radius 3 is 2.65 bits per heavy atom. The highest BCUT2D eigenvalue weighted by atomic mass is 16.4. The van der Waals surface area contributed by atoms with Gasteiger partial charge in [-0.15, -0.1) is 0 Å². The summed E-state index contributed by atoms with van der Waals surface area (Å²) < 4.78 is 0. The van der Waals surface area contributed by atoms with Crippen LogP contribution in [0.3, 0.4) is 0 Å². The topological polar surface area (TPSA) is 43.8 Å². The third-order valence-electron chi connectivity index (χ3n) is 3.49. The first-order valence-corrected chi connectivity index (χ1v) is 6.67. The highest BCUT2D eigenvalue weighted by Crippen LogP contribution is 2.16. The van der Waals surface area contributed by atoms with Crippen LogP contribution in [-0.4, -0.2) is 60.1 Å². The highest BCUT2D eigenvalue weighted by Gasteiger charge is 2.25. The van der Waals surface area contributed by atoms with E-state index in [0.29, 0.717) is 12.0 Å². The molecule has 4 heteroatoms. The third-order valence-corrected chi connectivity index (χ3v) is 3.49. The lowest BCUT2D eigenvalue weighted by atomic mass is 10.1. The molecule has 4 nitrogen and oxygen atoms in total. The van der Waals surface area contributed by atoms with Gasteiger partial charge in [-0.1, -0.05) is 13.8 Å². The fourth-order valence-corrected chi connectivity index (χ4v) is 2.75. The van der Waals surface area contributed by atoms with E-state index in [-0.39, 0.29) is 6.42 Å². The standard InChI is InChI=1S/C13H26N2O2/c1-4-7-15-9-11(2)8-14(3)12(10-15)5-6-13(16)17/h11-12H,4-10H2,1-3H3,(H,16,17). The lowest BCUT2D eigenvalue weighted by molar-refractivity contribution is -0.137. The molecule has 2 atom stereocenters. The van der Waals surface area contributed by atoms with Crippen LogP contribution in [0.4, 0.5) is 0 Å². The van der Waals surface area contributed by atoms with Gasteiger partial charge >= 0.3 is 5.97 Å². The predicted octanol–water partition coefficient (Wildman–Crippen LogP) is 1.51. The van der Waals surface area contributed by atoms with Crippen LogP contribution in [0, 0.1) is 5.92 Å². The Bertz CT molecular complexity index is 246. The Balaban J connectivity index is 2.55. The molecule has 0 saturated carbocycles. The van der Waals surface area contributed by atoms with Crippen molar-refractivity contribution in [3.05, 3.63) is 0 Å². The molecular formula is C13H26N2O2. The molecule has 100 valence electrons. The second-order valence-corrected chi connectivity index (χ2v) is 5.39. The average Bonchev–Trinajstić information content (AvgIpc) is 2.35. The summed E-state index contributed by atoms with van der Waals surface area (Å²) in [6, 6.07) is 0.391. The van der Waals surface area contributed by atoms with Gasteiger partial charge < -0.3 is 14.9 Å². The summed E-state index contributed by atoms with van der Waals surface area (Å²) in [5.41, 5.74) is 0. The van der Waals surface area contributed by atoms with Gasteiger partial charge in [-0.3, -0.25) is 4.79 Å². The SMILES string of the molecule is CCCN1CC(C)CN(C)C(CCC(=O)O)C1. The normalized spacial score (nSPS) is 27.9. The molecule has 1 aliphatic rings. The summed E-state index contributed by atoms with van der Waals surface area (Å²) >= 11 is 0. The van der Waals surface area contributed by atoms with E-state index in [0.717, 1.165) is 32.6 Å². The number of carbonyl (C=O) groups is 1. The van der Waals surface area contributed by atoms with Crippen LogP contribution < -0.4 is 0 Å². The van der Waals surface area contributed by atoms with Crippen molar-refractivity contribution in [3.63, 3.8) is 0 Å². The molecule has 0 amide bonds. The van der Waals surface area contributed by atoms with Gasteiger partial charge in [0.2, 0.25) is 0 Å². The Morgan fingerprint density at radius 2 is 2.06 bits per heavy atom. The smallest absolute Gasteiger partial charge is 0.303 e. The Labute approximate surface area is 105 Å². The van der Waals surface area contributed by atoms with Crippen LogP contribution in [0.2, 0.25) is 0 Å². The number of nitrogens with zero attached hydrogens (tertiary/aromatic N) is 2. The molecule has 2 unspecified atom stereocenters. The van der Waals surface area contributed by atoms with Crippen molar-refractivity contribution in [2.75, 3.05) is 33.2 Å². The Morgan fingerprint density at radius 1 is 1.35 bits per heavy atom. The maximum atomic E-state index is 10.7. The van der Waals surface area contributed by atoms with Gasteiger partial charge in [-0.25, -0.2) is 0 Å². The Kier molecular flexibility index (Phi) is 5.92. The van der Waals surface area contributed by atoms with Crippen molar-refractivity contribution >= 4 is 5.97 Å². The van der Waals surface area contributed by atoms with Crippen molar-refractivity contribution in [3.8, 4) is 0 Å². The molecule has 0 radical (unpaired) electrons. The number of hydrogen-bond acceptors (Lipinski definition) is 3. The number of rotatable bonds is 5. The summed E-state index contributed by atoms with van der Waals surface area (Å²) in [5, 5.41) is 8.79. The molecule has 0 aliphatic carbocycles. The molecule has 1 saturated heterocycles. The van der Waals surface area contributed by atoms with E-state index < -0.39 is 5.97 Å². The minimum atomic E-state index is -0.683. The van der Waals surface area contributed by atoms with Gasteiger partial charge in [0.15, 0.2) is 0 Å². The van der Waals surface area contributed by atoms with Crippen LogP contribution in [0.5, 0.6) is 0 Å². The maximum Gasteiger partial charge on any atom is 0.303 e. The van der Waals surface area contributed by atoms with E-state index in [1.807, 2.05) is 0 Å². The van der Waals surface area contributed by atoms with Crippen LogP contribution in [0.15, 0.2) is 0 Å². The Hall–Kier alpha value is -0.610. The summed E-state index contributed by atoms with van der Waals surface area (Å²) in [6.45, 7) is 8.83. The number of carboxylic acids is 1. The van der Waals surface area contributed by atoms with Crippen LogP contribution >= 0.6 is 0 Å². The lowest BCUT2D eigenvalue weighted by Crippen LogP contribution is -2.39. The number of hydrogen-bond donors (Lipinski definition) is 1. The molecule has 0 bridgehead atoms. The maximum absolute atomic E-state index is 10.7. The molecular weight excluding hydrogens is 216 g/mol. The summed E-state index contributed by atoms with van der Waals surface area (Å²) in [6.07, 6.45) is 2.21. The zero-order valence-electron chi connectivity index (χ0n) is 11.4. The fourth-order valence-electron chi connectivity index (χ4n) is 2.75. The molecule has 1 N–H and O–H groups in total. The van der Waals surface area contributed by atoms with Gasteiger partial charge in [0.05, 0.1) is 0 Å². The van der Waals surface area contributed by atoms with Gasteiger partial charge in [0.1, 0.15) is 0 Å². The van der Waals surface area contributed by atoms with E-state index in [1.54, 1.807) is 0 Å². The van der Waals surface area contributed by atoms with E-state index in [9.17, 15) is 4.79 Å². The summed E-state index contributed by atoms with van der Waals surface area (Å²) in [4.78, 5) is 15.5. The molecule has 1 rings (SSSR count). The van der Waals surface area contributed by atoms with Crippen molar-refractivity contribution in [2.45, 2.75) is 39.2 Å². The molecule has 1 heterocycles. The van der Waals surface area contributed by atoms with Crippen LogP contribution in [0.25, 0.3) is 0 Å². The van der Waals surface area contributed by atoms with Crippen molar-refractivity contribution in [1.82, 2.24) is 9.80 Å². The molecule has 0 aromatic rings. The first kappa shape index (κ1) is 14.5. The second kappa shape index (κ2) is 6.97. The quantitative estimate of drug-likeness (QED) is 0.794. The van der Waals surface area contributed by atoms with Gasteiger partial charge in [-0.05, 0) is 32.4 Å². The molecule has 1 aliphatic heterocycles. The molecule has 1 fully saturated rings. The first-order chi connectivity index (χ1) is 8.02. The second-order valence-electron chi connectivity index (χ2n) is 5.39. The summed E-state index contributed by atoms with van der Waals surface area (Å²) in [7, 11) is 2.12. The summed E-state index contributed by atoms with van der Waals surface area (Å²) in [5.74, 6) is -0.0147. The first-order valence-electron chi connectivity index (χ1n) is 6.67. The molecule has 0 aromatic carbocycles. The van der Waals surface area contributed by atoms with Gasteiger partial charge in [0.25, 0.3) is 0 Å². The van der Waals surface area contributed by atoms with Crippen molar-refractivity contribution in [1.29, 1.82) is 0 Å². The zero-order chi connectivity index (χ0) is 12.8. The molecule has 0 aromatic heterocycles. The highest BCUT2D eigenvalue weighted by molar-refractivity contribution is 5.66. The third kappa shape index (κ3) is 5.04. The largest absolute Gasteiger partial charge is 0.481 e.